The topological polar surface area (TPSA) is 59.7 Å². The third-order valence-electron chi connectivity index (χ3n) is 3.58. The SMILES string of the molecule is O=C(O)C(CC1CCCCC1)OCc1ccoc1. The van der Waals surface area contributed by atoms with E-state index in [-0.39, 0.29) is 0 Å². The van der Waals surface area contributed by atoms with Crippen LogP contribution in [0.4, 0.5) is 0 Å². The van der Waals surface area contributed by atoms with Crippen LogP contribution in [0.25, 0.3) is 0 Å². The zero-order valence-electron chi connectivity index (χ0n) is 10.5. The molecule has 0 aliphatic heterocycles. The molecule has 100 valence electrons. The van der Waals surface area contributed by atoms with Crippen LogP contribution in [0.15, 0.2) is 23.0 Å². The second-order valence-corrected chi connectivity index (χ2v) is 5.01. The molecule has 1 aromatic rings. The number of rotatable bonds is 6. The van der Waals surface area contributed by atoms with E-state index in [0.717, 1.165) is 18.4 Å². The molecular formula is C14H20O4. The van der Waals surface area contributed by atoms with E-state index >= 15 is 0 Å². The number of aliphatic carboxylic acids is 1. The second-order valence-electron chi connectivity index (χ2n) is 5.01. The molecule has 1 fully saturated rings. The Labute approximate surface area is 107 Å². The fourth-order valence-corrected chi connectivity index (χ4v) is 2.54. The van der Waals surface area contributed by atoms with Crippen molar-refractivity contribution in [3.8, 4) is 0 Å². The highest BCUT2D eigenvalue weighted by Gasteiger charge is 2.24. The van der Waals surface area contributed by atoms with Crippen molar-refractivity contribution in [3.63, 3.8) is 0 Å². The monoisotopic (exact) mass is 252 g/mol. The maximum absolute atomic E-state index is 11.2. The summed E-state index contributed by atoms with van der Waals surface area (Å²) in [6, 6.07) is 1.79. The van der Waals surface area contributed by atoms with Crippen LogP contribution >= 0.6 is 0 Å². The predicted octanol–water partition coefficient (Wildman–Crippen LogP) is 3.22. The fourth-order valence-electron chi connectivity index (χ4n) is 2.54. The van der Waals surface area contributed by atoms with Crippen LogP contribution in [-0.4, -0.2) is 17.2 Å². The minimum Gasteiger partial charge on any atom is -0.479 e. The van der Waals surface area contributed by atoms with Crippen LogP contribution in [0.1, 0.15) is 44.1 Å². The highest BCUT2D eigenvalue weighted by atomic mass is 16.5. The Morgan fingerprint density at radius 3 is 2.83 bits per heavy atom. The van der Waals surface area contributed by atoms with Crippen LogP contribution < -0.4 is 0 Å². The average molecular weight is 252 g/mol. The Morgan fingerprint density at radius 2 is 2.22 bits per heavy atom. The number of hydrogen-bond acceptors (Lipinski definition) is 3. The van der Waals surface area contributed by atoms with E-state index in [1.165, 1.54) is 19.3 Å². The van der Waals surface area contributed by atoms with Crippen molar-refractivity contribution in [1.82, 2.24) is 0 Å². The van der Waals surface area contributed by atoms with Crippen molar-refractivity contribution < 1.29 is 19.1 Å². The van der Waals surface area contributed by atoms with E-state index in [2.05, 4.69) is 0 Å². The Hall–Kier alpha value is -1.29. The number of carbonyl (C=O) groups is 1. The van der Waals surface area contributed by atoms with E-state index in [4.69, 9.17) is 9.15 Å². The molecule has 1 saturated carbocycles. The second kappa shape index (κ2) is 6.59. The predicted molar refractivity (Wildman–Crippen MR) is 66.1 cm³/mol. The number of carboxylic acids is 1. The fraction of sp³-hybridized carbons (Fsp3) is 0.643. The molecule has 4 nitrogen and oxygen atoms in total. The molecular weight excluding hydrogens is 232 g/mol. The summed E-state index contributed by atoms with van der Waals surface area (Å²) in [6.07, 6.45) is 9.09. The van der Waals surface area contributed by atoms with E-state index < -0.39 is 12.1 Å². The van der Waals surface area contributed by atoms with Gasteiger partial charge in [0.1, 0.15) is 0 Å². The zero-order valence-corrected chi connectivity index (χ0v) is 10.5. The Balaban J connectivity index is 1.81. The summed E-state index contributed by atoms with van der Waals surface area (Å²) in [7, 11) is 0. The molecule has 18 heavy (non-hydrogen) atoms. The first-order chi connectivity index (χ1) is 8.75. The van der Waals surface area contributed by atoms with Crippen molar-refractivity contribution in [2.24, 2.45) is 5.92 Å². The smallest absolute Gasteiger partial charge is 0.332 e. The molecule has 1 aliphatic carbocycles. The zero-order chi connectivity index (χ0) is 12.8. The van der Waals surface area contributed by atoms with Gasteiger partial charge in [-0.25, -0.2) is 4.79 Å². The largest absolute Gasteiger partial charge is 0.479 e. The van der Waals surface area contributed by atoms with Gasteiger partial charge in [0.2, 0.25) is 0 Å². The summed E-state index contributed by atoms with van der Waals surface area (Å²) in [5.74, 6) is -0.353. The van der Waals surface area contributed by atoms with Gasteiger partial charge in [-0.2, -0.15) is 0 Å². The van der Waals surface area contributed by atoms with Gasteiger partial charge in [-0.05, 0) is 18.4 Å². The van der Waals surface area contributed by atoms with Gasteiger partial charge in [-0.3, -0.25) is 0 Å². The molecule has 0 radical (unpaired) electrons. The van der Waals surface area contributed by atoms with Gasteiger partial charge in [0.05, 0.1) is 19.1 Å². The minimum absolute atomic E-state index is 0.306. The highest BCUT2D eigenvalue weighted by Crippen LogP contribution is 2.28. The molecule has 1 aromatic heterocycles. The van der Waals surface area contributed by atoms with Gasteiger partial charge in [-0.15, -0.1) is 0 Å². The molecule has 2 rings (SSSR count). The summed E-state index contributed by atoms with van der Waals surface area (Å²) in [5.41, 5.74) is 0.880. The molecule has 1 N–H and O–H groups in total. The van der Waals surface area contributed by atoms with E-state index in [0.29, 0.717) is 18.9 Å². The lowest BCUT2D eigenvalue weighted by molar-refractivity contribution is -0.152. The van der Waals surface area contributed by atoms with Crippen LogP contribution in [0.2, 0.25) is 0 Å². The lowest BCUT2D eigenvalue weighted by Crippen LogP contribution is -2.27. The molecule has 1 heterocycles. The van der Waals surface area contributed by atoms with Crippen LogP contribution in [0.3, 0.4) is 0 Å². The minimum atomic E-state index is -0.857. The first kappa shape index (κ1) is 13.1. The Kier molecular flexibility index (Phi) is 4.81. The number of hydrogen-bond donors (Lipinski definition) is 1. The summed E-state index contributed by atoms with van der Waals surface area (Å²) < 4.78 is 10.4. The van der Waals surface area contributed by atoms with E-state index in [9.17, 15) is 9.90 Å². The molecule has 4 heteroatoms. The maximum atomic E-state index is 11.2. The third-order valence-corrected chi connectivity index (χ3v) is 3.58. The number of ether oxygens (including phenoxy) is 1. The summed E-state index contributed by atoms with van der Waals surface area (Å²) in [5, 5.41) is 9.18. The summed E-state index contributed by atoms with van der Waals surface area (Å²) >= 11 is 0. The van der Waals surface area contributed by atoms with Gasteiger partial charge in [0.25, 0.3) is 0 Å². The molecule has 1 unspecified atom stereocenters. The van der Waals surface area contributed by atoms with Crippen molar-refractivity contribution in [2.45, 2.75) is 51.2 Å². The number of furan rings is 1. The van der Waals surface area contributed by atoms with Gasteiger partial charge in [0, 0.05) is 5.56 Å². The molecule has 1 aliphatic rings. The molecule has 0 saturated heterocycles. The van der Waals surface area contributed by atoms with Crippen molar-refractivity contribution in [1.29, 1.82) is 0 Å². The van der Waals surface area contributed by atoms with Gasteiger partial charge < -0.3 is 14.3 Å². The van der Waals surface area contributed by atoms with Gasteiger partial charge in [-0.1, -0.05) is 32.1 Å². The highest BCUT2D eigenvalue weighted by molar-refractivity contribution is 5.72. The lowest BCUT2D eigenvalue weighted by Gasteiger charge is -2.24. The van der Waals surface area contributed by atoms with Gasteiger partial charge >= 0.3 is 5.97 Å². The third kappa shape index (κ3) is 3.88. The van der Waals surface area contributed by atoms with Crippen LogP contribution in [-0.2, 0) is 16.1 Å². The number of carboxylic acid groups (broad SMARTS) is 1. The first-order valence-corrected chi connectivity index (χ1v) is 6.61. The van der Waals surface area contributed by atoms with Crippen molar-refractivity contribution in [3.05, 3.63) is 24.2 Å². The summed E-state index contributed by atoms with van der Waals surface area (Å²) in [4.78, 5) is 11.2. The Morgan fingerprint density at radius 1 is 1.44 bits per heavy atom. The first-order valence-electron chi connectivity index (χ1n) is 6.61. The quantitative estimate of drug-likeness (QED) is 0.844. The molecule has 0 bridgehead atoms. The molecule has 0 aromatic carbocycles. The van der Waals surface area contributed by atoms with Crippen molar-refractivity contribution >= 4 is 5.97 Å². The van der Waals surface area contributed by atoms with Crippen LogP contribution in [0, 0.1) is 5.92 Å². The molecule has 0 spiro atoms. The normalized spacial score (nSPS) is 18.7. The lowest BCUT2D eigenvalue weighted by atomic mass is 9.85. The van der Waals surface area contributed by atoms with Crippen molar-refractivity contribution in [2.75, 3.05) is 0 Å². The summed E-state index contributed by atoms with van der Waals surface area (Å²) in [6.45, 7) is 0.306. The Bertz CT molecular complexity index is 352. The van der Waals surface area contributed by atoms with Crippen LogP contribution in [0.5, 0.6) is 0 Å². The van der Waals surface area contributed by atoms with E-state index in [1.807, 2.05) is 0 Å². The standard InChI is InChI=1S/C14H20O4/c15-14(16)13(8-11-4-2-1-3-5-11)18-10-12-6-7-17-9-12/h6-7,9,11,13H,1-5,8,10H2,(H,15,16). The van der Waals surface area contributed by atoms with Gasteiger partial charge in [0.15, 0.2) is 6.10 Å². The average Bonchev–Trinajstić information content (AvgIpc) is 2.88. The maximum Gasteiger partial charge on any atom is 0.332 e. The molecule has 1 atom stereocenters. The van der Waals surface area contributed by atoms with E-state index in [1.54, 1.807) is 18.6 Å². The molecule has 0 amide bonds.